The summed E-state index contributed by atoms with van der Waals surface area (Å²) in [6, 6.07) is 39.5. The minimum atomic E-state index is -1.15. The Labute approximate surface area is 302 Å². The van der Waals surface area contributed by atoms with E-state index in [4.69, 9.17) is 0 Å². The summed E-state index contributed by atoms with van der Waals surface area (Å²) in [5, 5.41) is 0. The lowest BCUT2D eigenvalue weighted by atomic mass is 9.72. The smallest absolute Gasteiger partial charge is 0.0395 e. The number of hydrogen-bond acceptors (Lipinski definition) is 0. The zero-order chi connectivity index (χ0) is 33.1. The van der Waals surface area contributed by atoms with Crippen molar-refractivity contribution in [3.63, 3.8) is 0 Å². The molecule has 0 nitrogen and oxygen atoms in total. The Bertz CT molecular complexity index is 1680. The van der Waals surface area contributed by atoms with Crippen molar-refractivity contribution in [1.82, 2.24) is 0 Å². The van der Waals surface area contributed by atoms with Gasteiger partial charge in [0.2, 0.25) is 0 Å². The second-order valence-corrected chi connectivity index (χ2v) is 18.3. The van der Waals surface area contributed by atoms with Crippen LogP contribution >= 0.6 is 31.9 Å². The van der Waals surface area contributed by atoms with Crippen LogP contribution in [0.3, 0.4) is 0 Å². The number of hydrogen-bond donors (Lipinski definition) is 0. The molecule has 1 aliphatic rings. The highest BCUT2D eigenvalue weighted by Crippen LogP contribution is 2.50. The average molecular weight is 765 g/mol. The van der Waals surface area contributed by atoms with E-state index >= 15 is 0 Å². The molecule has 0 radical (unpaired) electrons. The van der Waals surface area contributed by atoms with E-state index in [-0.39, 0.29) is 5.41 Å². The van der Waals surface area contributed by atoms with Gasteiger partial charge in [0.1, 0.15) is 0 Å². The Morgan fingerprint density at radius 1 is 0.638 bits per heavy atom. The van der Waals surface area contributed by atoms with Gasteiger partial charge < -0.3 is 0 Å². The first-order valence-electron chi connectivity index (χ1n) is 17.4. The average Bonchev–Trinajstić information content (AvgIpc) is 3.10. The molecule has 5 rings (SSSR count). The van der Waals surface area contributed by atoms with E-state index in [1.54, 1.807) is 0 Å². The van der Waals surface area contributed by atoms with E-state index in [1.807, 2.05) is 0 Å². The highest BCUT2D eigenvalue weighted by Gasteiger charge is 2.38. The van der Waals surface area contributed by atoms with Crippen molar-refractivity contribution in [2.75, 3.05) is 0 Å². The molecule has 2 unspecified atom stereocenters. The predicted octanol–water partition coefficient (Wildman–Crippen LogP) is 13.9. The molecule has 0 aromatic heterocycles. The minimum absolute atomic E-state index is 0.0365. The fraction of sp³-hybridized carbons (Fsp3) is 0.273. The first kappa shape index (κ1) is 35.3. The number of halogens is 2. The fourth-order valence-electron chi connectivity index (χ4n) is 6.96. The first-order chi connectivity index (χ1) is 22.9. The molecule has 2 atom stereocenters. The Balaban J connectivity index is 1.61. The molecule has 0 amide bonds. The summed E-state index contributed by atoms with van der Waals surface area (Å²) in [6.45, 7) is 7.39. The zero-order valence-corrected chi connectivity index (χ0v) is 32.5. The van der Waals surface area contributed by atoms with Gasteiger partial charge in [0, 0.05) is 23.2 Å². The maximum absolute atomic E-state index is 3.67. The van der Waals surface area contributed by atoms with Crippen molar-refractivity contribution < 1.29 is 0 Å². The highest BCUT2D eigenvalue weighted by molar-refractivity contribution is 9.10. The normalized spacial score (nSPS) is 18.4. The van der Waals surface area contributed by atoms with Gasteiger partial charge in [0.15, 0.2) is 0 Å². The van der Waals surface area contributed by atoms with Crippen LogP contribution in [0.25, 0.3) is 11.1 Å². The summed E-state index contributed by atoms with van der Waals surface area (Å²) in [5.74, 6) is 0. The van der Waals surface area contributed by atoms with Crippen molar-refractivity contribution >= 4 is 51.8 Å². The van der Waals surface area contributed by atoms with Crippen LogP contribution in [0.5, 0.6) is 0 Å². The van der Waals surface area contributed by atoms with E-state index in [9.17, 15) is 0 Å². The molecule has 0 heterocycles. The maximum Gasteiger partial charge on any atom is 0.0395 e. The van der Waals surface area contributed by atoms with Crippen molar-refractivity contribution in [3.05, 3.63) is 176 Å². The molecule has 0 bridgehead atoms. The number of unbranched alkanes of at least 4 members (excludes halogenated alkanes) is 5. The lowest BCUT2D eigenvalue weighted by Gasteiger charge is -2.40. The predicted molar refractivity (Wildman–Crippen MR) is 216 cm³/mol. The lowest BCUT2D eigenvalue weighted by molar-refractivity contribution is 0.416. The molecule has 1 aliphatic carbocycles. The standard InChI is InChI=1S/C44H48Br2Si/c1-4-5-6-7-8-15-29-44(33-42(36-18-13-10-14-19-36)38-22-26-40(46)27-23-38)30-28-34(32-43(44)47(2)3)31-41(35-16-11-9-12-17-35)37-20-24-39(45)25-21-37/h9-14,16-28,30-33,43,47H,4-8,15,29H2,1-3H3. The number of benzene rings is 4. The molecule has 0 fully saturated rings. The highest BCUT2D eigenvalue weighted by atomic mass is 79.9. The molecular formula is C44H48Br2Si. The van der Waals surface area contributed by atoms with Crippen LogP contribution in [0.2, 0.25) is 18.6 Å². The first-order valence-corrected chi connectivity index (χ1v) is 21.9. The monoisotopic (exact) mass is 762 g/mol. The molecule has 0 spiro atoms. The Kier molecular flexibility index (Phi) is 13.1. The van der Waals surface area contributed by atoms with E-state index in [0.29, 0.717) is 5.54 Å². The van der Waals surface area contributed by atoms with Gasteiger partial charge in [-0.25, -0.2) is 0 Å². The molecule has 4 aromatic carbocycles. The topological polar surface area (TPSA) is 0 Å². The van der Waals surface area contributed by atoms with Crippen LogP contribution < -0.4 is 0 Å². The lowest BCUT2D eigenvalue weighted by Crippen LogP contribution is -2.32. The molecular weight excluding hydrogens is 716 g/mol. The van der Waals surface area contributed by atoms with Crippen LogP contribution in [0.1, 0.15) is 74.1 Å². The van der Waals surface area contributed by atoms with Crippen LogP contribution in [0, 0.1) is 5.41 Å². The number of rotatable bonds is 14. The molecule has 0 N–H and O–H groups in total. The van der Waals surface area contributed by atoms with Gasteiger partial charge in [-0.1, -0.05) is 200 Å². The second-order valence-electron chi connectivity index (χ2n) is 13.3. The molecule has 242 valence electrons. The molecule has 0 saturated carbocycles. The van der Waals surface area contributed by atoms with Gasteiger partial charge in [-0.3, -0.25) is 0 Å². The third-order valence-corrected chi connectivity index (χ3v) is 12.8. The Hall–Kier alpha value is -2.98. The van der Waals surface area contributed by atoms with Gasteiger partial charge >= 0.3 is 0 Å². The summed E-state index contributed by atoms with van der Waals surface area (Å²) >= 11 is 7.31. The van der Waals surface area contributed by atoms with Crippen molar-refractivity contribution in [2.24, 2.45) is 5.41 Å². The van der Waals surface area contributed by atoms with Gasteiger partial charge in [-0.05, 0) is 81.3 Å². The Morgan fingerprint density at radius 2 is 1.13 bits per heavy atom. The second kappa shape index (κ2) is 17.4. The van der Waals surface area contributed by atoms with E-state index in [1.165, 1.54) is 83.9 Å². The van der Waals surface area contributed by atoms with Gasteiger partial charge in [-0.15, -0.1) is 0 Å². The van der Waals surface area contributed by atoms with Crippen molar-refractivity contribution in [1.29, 1.82) is 0 Å². The molecule has 4 aromatic rings. The summed E-state index contributed by atoms with van der Waals surface area (Å²) in [5.41, 5.74) is 9.40. The summed E-state index contributed by atoms with van der Waals surface area (Å²) in [7, 11) is -1.15. The third-order valence-electron chi connectivity index (χ3n) is 9.46. The van der Waals surface area contributed by atoms with Crippen LogP contribution in [-0.4, -0.2) is 8.80 Å². The van der Waals surface area contributed by atoms with Crippen LogP contribution in [-0.2, 0) is 0 Å². The van der Waals surface area contributed by atoms with Gasteiger partial charge in [-0.2, -0.15) is 0 Å². The molecule has 47 heavy (non-hydrogen) atoms. The van der Waals surface area contributed by atoms with Gasteiger partial charge in [0.25, 0.3) is 0 Å². The van der Waals surface area contributed by atoms with Crippen LogP contribution in [0.4, 0.5) is 0 Å². The zero-order valence-electron chi connectivity index (χ0n) is 28.1. The van der Waals surface area contributed by atoms with Crippen LogP contribution in [0.15, 0.2) is 154 Å². The third kappa shape index (κ3) is 9.56. The quantitative estimate of drug-likeness (QED) is 0.0886. The minimum Gasteiger partial charge on any atom is -0.0759 e. The molecule has 0 saturated heterocycles. The number of allylic oxidation sites excluding steroid dienone is 6. The SMILES string of the molecule is CCCCCCCCC1(C=C(c2ccccc2)c2ccc(Br)cc2)C=CC(C=C(c2ccccc2)c2ccc(Br)cc2)=CC1[SiH](C)C. The largest absolute Gasteiger partial charge is 0.0759 e. The van der Waals surface area contributed by atoms with Crippen molar-refractivity contribution in [2.45, 2.75) is 70.5 Å². The Morgan fingerprint density at radius 3 is 1.68 bits per heavy atom. The molecule has 3 heteroatoms. The fourth-order valence-corrected chi connectivity index (χ4v) is 9.72. The van der Waals surface area contributed by atoms with E-state index in [0.717, 1.165) is 8.95 Å². The van der Waals surface area contributed by atoms with E-state index < -0.39 is 8.80 Å². The summed E-state index contributed by atoms with van der Waals surface area (Å²) < 4.78 is 2.21. The summed E-state index contributed by atoms with van der Waals surface area (Å²) in [6.07, 6.45) is 21.8. The van der Waals surface area contributed by atoms with Gasteiger partial charge in [0.05, 0.1) is 0 Å². The maximum atomic E-state index is 3.67. The van der Waals surface area contributed by atoms with E-state index in [2.05, 4.69) is 191 Å². The summed E-state index contributed by atoms with van der Waals surface area (Å²) in [4.78, 5) is 0. The van der Waals surface area contributed by atoms with Crippen molar-refractivity contribution in [3.8, 4) is 0 Å². The molecule has 0 aliphatic heterocycles.